The minimum Gasteiger partial charge on any atom is -0.481 e. The van der Waals surface area contributed by atoms with Crippen molar-refractivity contribution in [2.45, 2.75) is 89.8 Å². The summed E-state index contributed by atoms with van der Waals surface area (Å²) in [5.74, 6) is 0.922. The largest absolute Gasteiger partial charge is 0.481 e. The van der Waals surface area contributed by atoms with Gasteiger partial charge in [-0.2, -0.15) is 0 Å². The smallest absolute Gasteiger partial charge is 0.303 e. The van der Waals surface area contributed by atoms with Gasteiger partial charge in [0.1, 0.15) is 0 Å². The Bertz CT molecular complexity index is 628. The van der Waals surface area contributed by atoms with E-state index in [1.165, 1.54) is 5.57 Å². The van der Waals surface area contributed by atoms with Crippen LogP contribution in [0, 0.1) is 28.6 Å². The Hall–Kier alpha value is -0.870. The number of fused-ring (bicyclic) bond motifs is 5. The molecule has 0 aromatic carbocycles. The fourth-order valence-corrected chi connectivity index (χ4v) is 7.48. The van der Waals surface area contributed by atoms with Gasteiger partial charge in [-0.15, -0.1) is 0 Å². The Kier molecular flexibility index (Phi) is 4.31. The Morgan fingerprint density at radius 2 is 1.88 bits per heavy atom. The fourth-order valence-electron chi connectivity index (χ4n) is 7.48. The summed E-state index contributed by atoms with van der Waals surface area (Å²) >= 11 is 0. The monoisotopic (exact) mass is 362 g/mol. The summed E-state index contributed by atoms with van der Waals surface area (Å²) in [5.41, 5.74) is 0.708. The van der Waals surface area contributed by atoms with E-state index in [1.807, 2.05) is 0 Å². The molecule has 4 heteroatoms. The van der Waals surface area contributed by atoms with Gasteiger partial charge in [-0.1, -0.05) is 25.5 Å². The van der Waals surface area contributed by atoms with Crippen molar-refractivity contribution in [3.8, 4) is 0 Å². The number of aliphatic carboxylic acids is 1. The van der Waals surface area contributed by atoms with Crippen LogP contribution in [0.1, 0.15) is 78.1 Å². The second kappa shape index (κ2) is 6.07. The van der Waals surface area contributed by atoms with Crippen molar-refractivity contribution in [1.29, 1.82) is 0 Å². The van der Waals surface area contributed by atoms with Crippen molar-refractivity contribution in [2.75, 3.05) is 0 Å². The van der Waals surface area contributed by atoms with Gasteiger partial charge in [0.15, 0.2) is 0 Å². The molecule has 0 bridgehead atoms. The molecule has 0 heterocycles. The number of carbonyl (C=O) groups is 1. The first kappa shape index (κ1) is 18.5. The molecule has 4 aliphatic carbocycles. The van der Waals surface area contributed by atoms with Crippen LogP contribution in [-0.2, 0) is 4.79 Å². The van der Waals surface area contributed by atoms with Crippen LogP contribution in [0.2, 0.25) is 0 Å². The first-order valence-electron chi connectivity index (χ1n) is 10.5. The van der Waals surface area contributed by atoms with E-state index in [9.17, 15) is 15.0 Å². The predicted octanol–water partition coefficient (Wildman–Crippen LogP) is 3.91. The molecule has 26 heavy (non-hydrogen) atoms. The number of rotatable bonds is 3. The molecule has 0 amide bonds. The molecule has 3 N–H and O–H groups in total. The maximum Gasteiger partial charge on any atom is 0.303 e. The minimum absolute atomic E-state index is 0.0621. The van der Waals surface area contributed by atoms with Crippen molar-refractivity contribution < 1.29 is 20.1 Å². The minimum atomic E-state index is -0.825. The molecule has 0 saturated heterocycles. The zero-order chi connectivity index (χ0) is 18.7. The molecule has 3 fully saturated rings. The molecule has 0 aromatic heterocycles. The first-order chi connectivity index (χ1) is 12.2. The summed E-state index contributed by atoms with van der Waals surface area (Å²) in [5, 5.41) is 30.6. The molecule has 4 rings (SSSR count). The van der Waals surface area contributed by atoms with Crippen molar-refractivity contribution in [3.63, 3.8) is 0 Å². The molecule has 3 saturated carbocycles. The Balaban J connectivity index is 1.61. The molecule has 146 valence electrons. The molecule has 0 unspecified atom stereocenters. The van der Waals surface area contributed by atoms with E-state index < -0.39 is 11.6 Å². The summed E-state index contributed by atoms with van der Waals surface area (Å²) < 4.78 is 0. The third kappa shape index (κ3) is 2.51. The maximum absolute atomic E-state index is 11.4. The van der Waals surface area contributed by atoms with Gasteiger partial charge in [0.25, 0.3) is 0 Å². The maximum atomic E-state index is 11.4. The van der Waals surface area contributed by atoms with E-state index in [2.05, 4.69) is 19.9 Å². The lowest BCUT2D eigenvalue weighted by molar-refractivity contribution is -0.146. The molecule has 0 spiro atoms. The summed E-state index contributed by atoms with van der Waals surface area (Å²) in [6.45, 7) is 4.64. The standard InChI is InChI=1S/C22H34O4/c1-20-9-5-15(23)13-14(20)3-4-16-17(20)6-10-21(2)18(16)7-11-22(21,26)12-8-19(24)25/h3,15-18,23,26H,4-13H2,1-2H3,(H,24,25)/t15-,16+,17-,18-,20+,21+,22+/m1/s1. The van der Waals surface area contributed by atoms with Crippen molar-refractivity contribution >= 4 is 5.97 Å². The molecule has 0 aromatic rings. The molecule has 0 aliphatic heterocycles. The average Bonchev–Trinajstić information content (AvgIpc) is 2.86. The second-order valence-electron chi connectivity index (χ2n) is 10.1. The van der Waals surface area contributed by atoms with Gasteiger partial charge >= 0.3 is 5.97 Å². The molecular formula is C22H34O4. The summed E-state index contributed by atoms with van der Waals surface area (Å²) in [6, 6.07) is 0. The number of aliphatic hydroxyl groups excluding tert-OH is 1. The quantitative estimate of drug-likeness (QED) is 0.665. The van der Waals surface area contributed by atoms with Crippen LogP contribution >= 0.6 is 0 Å². The van der Waals surface area contributed by atoms with Gasteiger partial charge in [0, 0.05) is 6.42 Å². The van der Waals surface area contributed by atoms with Crippen LogP contribution in [0.3, 0.4) is 0 Å². The van der Waals surface area contributed by atoms with Crippen LogP contribution in [-0.4, -0.2) is 33.0 Å². The van der Waals surface area contributed by atoms with Gasteiger partial charge in [0.2, 0.25) is 0 Å². The molecule has 0 radical (unpaired) electrons. The van der Waals surface area contributed by atoms with Crippen LogP contribution in [0.15, 0.2) is 11.6 Å². The van der Waals surface area contributed by atoms with Crippen LogP contribution in [0.4, 0.5) is 0 Å². The highest BCUT2D eigenvalue weighted by atomic mass is 16.4. The van der Waals surface area contributed by atoms with Gasteiger partial charge < -0.3 is 15.3 Å². The zero-order valence-corrected chi connectivity index (χ0v) is 16.2. The van der Waals surface area contributed by atoms with E-state index in [4.69, 9.17) is 5.11 Å². The number of allylic oxidation sites excluding steroid dienone is 1. The molecular weight excluding hydrogens is 328 g/mol. The number of carboxylic acid groups (broad SMARTS) is 1. The lowest BCUT2D eigenvalue weighted by Gasteiger charge is -2.59. The van der Waals surface area contributed by atoms with Crippen LogP contribution in [0.5, 0.6) is 0 Å². The third-order valence-corrected chi connectivity index (χ3v) is 9.15. The fraction of sp³-hybridized carbons (Fsp3) is 0.864. The Morgan fingerprint density at radius 3 is 2.62 bits per heavy atom. The number of hydrogen-bond donors (Lipinski definition) is 3. The molecule has 4 nitrogen and oxygen atoms in total. The highest BCUT2D eigenvalue weighted by Crippen LogP contribution is 2.67. The van der Waals surface area contributed by atoms with E-state index >= 15 is 0 Å². The number of hydrogen-bond acceptors (Lipinski definition) is 3. The van der Waals surface area contributed by atoms with Crippen molar-refractivity contribution in [3.05, 3.63) is 11.6 Å². The lowest BCUT2D eigenvalue weighted by Crippen LogP contribution is -2.54. The van der Waals surface area contributed by atoms with E-state index in [-0.39, 0.29) is 23.4 Å². The second-order valence-corrected chi connectivity index (χ2v) is 10.1. The average molecular weight is 363 g/mol. The Morgan fingerprint density at radius 1 is 1.15 bits per heavy atom. The van der Waals surface area contributed by atoms with Crippen molar-refractivity contribution in [2.24, 2.45) is 28.6 Å². The summed E-state index contributed by atoms with van der Waals surface area (Å²) in [7, 11) is 0. The predicted molar refractivity (Wildman–Crippen MR) is 99.5 cm³/mol. The third-order valence-electron chi connectivity index (χ3n) is 9.15. The van der Waals surface area contributed by atoms with Gasteiger partial charge in [-0.05, 0) is 86.4 Å². The Labute approximate surface area is 156 Å². The topological polar surface area (TPSA) is 77.8 Å². The summed E-state index contributed by atoms with van der Waals surface area (Å²) in [6.07, 6.45) is 10.5. The normalized spacial score (nSPS) is 50.4. The van der Waals surface area contributed by atoms with E-state index in [0.717, 1.165) is 51.4 Å². The van der Waals surface area contributed by atoms with Crippen LogP contribution < -0.4 is 0 Å². The molecule has 7 atom stereocenters. The zero-order valence-electron chi connectivity index (χ0n) is 16.2. The van der Waals surface area contributed by atoms with Crippen molar-refractivity contribution in [1.82, 2.24) is 0 Å². The SMILES string of the molecule is C[C@]12CC[C@@H](O)CC1=CC[C@H]1[C@H]2CC[C@@]2(C)[C@@H]1CC[C@]2(O)CCC(=O)O. The van der Waals surface area contributed by atoms with E-state index in [1.54, 1.807) is 0 Å². The summed E-state index contributed by atoms with van der Waals surface area (Å²) in [4.78, 5) is 11.1. The van der Waals surface area contributed by atoms with Gasteiger partial charge in [-0.25, -0.2) is 0 Å². The number of aliphatic hydroxyl groups is 2. The number of carboxylic acids is 1. The van der Waals surface area contributed by atoms with E-state index in [0.29, 0.717) is 24.2 Å². The highest BCUT2D eigenvalue weighted by Gasteiger charge is 2.63. The lowest BCUT2D eigenvalue weighted by atomic mass is 9.47. The van der Waals surface area contributed by atoms with Gasteiger partial charge in [-0.3, -0.25) is 4.79 Å². The first-order valence-corrected chi connectivity index (χ1v) is 10.5. The van der Waals surface area contributed by atoms with Gasteiger partial charge in [0.05, 0.1) is 11.7 Å². The van der Waals surface area contributed by atoms with Crippen LogP contribution in [0.25, 0.3) is 0 Å². The highest BCUT2D eigenvalue weighted by molar-refractivity contribution is 5.66. The molecule has 4 aliphatic rings.